The van der Waals surface area contributed by atoms with Crippen LogP contribution >= 0.6 is 11.6 Å². The monoisotopic (exact) mass is 229 g/mol. The number of aryl methyl sites for hydroxylation is 1. The van der Waals surface area contributed by atoms with Gasteiger partial charge in [-0.2, -0.15) is 0 Å². The van der Waals surface area contributed by atoms with Gasteiger partial charge >= 0.3 is 0 Å². The van der Waals surface area contributed by atoms with Gasteiger partial charge in [0.25, 0.3) is 5.91 Å². The van der Waals surface area contributed by atoms with Crippen LogP contribution in [0.2, 0.25) is 0 Å². The van der Waals surface area contributed by atoms with Gasteiger partial charge in [-0.15, -0.1) is 11.6 Å². The summed E-state index contributed by atoms with van der Waals surface area (Å²) in [4.78, 5) is 11.5. The molecule has 0 aliphatic rings. The first kappa shape index (κ1) is 12.1. The molecule has 1 aromatic heterocycles. The number of nitrogens with one attached hydrogen (secondary N) is 1. The maximum Gasteiger partial charge on any atom is 0.254 e. The SMILES string of the molecule is Cc1cc(C(=O)NCCCC(C)Cl)co1. The zero-order valence-electron chi connectivity index (χ0n) is 9.05. The lowest BCUT2D eigenvalue weighted by Crippen LogP contribution is -2.24. The van der Waals surface area contributed by atoms with Crippen LogP contribution in [0.15, 0.2) is 16.7 Å². The van der Waals surface area contributed by atoms with Crippen molar-refractivity contribution in [1.29, 1.82) is 0 Å². The minimum Gasteiger partial charge on any atom is -0.469 e. The van der Waals surface area contributed by atoms with Crippen molar-refractivity contribution in [2.24, 2.45) is 0 Å². The van der Waals surface area contributed by atoms with Crippen LogP contribution in [-0.4, -0.2) is 17.8 Å². The van der Waals surface area contributed by atoms with Gasteiger partial charge in [-0.3, -0.25) is 4.79 Å². The first-order valence-corrected chi connectivity index (χ1v) is 5.50. The van der Waals surface area contributed by atoms with Crippen molar-refractivity contribution in [2.45, 2.75) is 32.1 Å². The van der Waals surface area contributed by atoms with Crippen LogP contribution in [0.4, 0.5) is 0 Å². The van der Waals surface area contributed by atoms with Gasteiger partial charge < -0.3 is 9.73 Å². The highest BCUT2D eigenvalue weighted by molar-refractivity contribution is 6.20. The van der Waals surface area contributed by atoms with Crippen molar-refractivity contribution in [3.8, 4) is 0 Å². The van der Waals surface area contributed by atoms with Crippen molar-refractivity contribution >= 4 is 17.5 Å². The third-order valence-electron chi connectivity index (χ3n) is 2.06. The Morgan fingerprint density at radius 1 is 1.67 bits per heavy atom. The van der Waals surface area contributed by atoms with Crippen LogP contribution in [0.1, 0.15) is 35.9 Å². The quantitative estimate of drug-likeness (QED) is 0.623. The highest BCUT2D eigenvalue weighted by Crippen LogP contribution is 2.06. The molecule has 0 aliphatic heterocycles. The molecule has 1 unspecified atom stereocenters. The summed E-state index contributed by atoms with van der Waals surface area (Å²) in [5, 5.41) is 2.97. The minimum atomic E-state index is -0.0888. The molecule has 84 valence electrons. The number of halogens is 1. The molecular weight excluding hydrogens is 214 g/mol. The van der Waals surface area contributed by atoms with Crippen LogP contribution < -0.4 is 5.32 Å². The molecule has 4 heteroatoms. The van der Waals surface area contributed by atoms with E-state index in [0.29, 0.717) is 12.1 Å². The number of carbonyl (C=O) groups excluding carboxylic acids is 1. The van der Waals surface area contributed by atoms with E-state index in [4.69, 9.17) is 16.0 Å². The van der Waals surface area contributed by atoms with Crippen molar-refractivity contribution in [3.05, 3.63) is 23.7 Å². The Bertz CT molecular complexity index is 320. The average molecular weight is 230 g/mol. The molecule has 0 radical (unpaired) electrons. The molecule has 1 N–H and O–H groups in total. The number of amides is 1. The number of carbonyl (C=O) groups is 1. The fourth-order valence-corrected chi connectivity index (χ4v) is 1.40. The summed E-state index contributed by atoms with van der Waals surface area (Å²) in [6, 6.07) is 1.72. The van der Waals surface area contributed by atoms with E-state index in [2.05, 4.69) is 5.32 Å². The molecule has 1 amide bonds. The van der Waals surface area contributed by atoms with E-state index in [0.717, 1.165) is 18.6 Å². The molecular formula is C11H16ClNO2. The Kier molecular flexibility index (Phi) is 4.69. The van der Waals surface area contributed by atoms with Crippen LogP contribution in [0.25, 0.3) is 0 Å². The van der Waals surface area contributed by atoms with Crippen LogP contribution in [0.3, 0.4) is 0 Å². The number of hydrogen-bond acceptors (Lipinski definition) is 2. The maximum absolute atomic E-state index is 11.5. The third-order valence-corrected chi connectivity index (χ3v) is 2.28. The molecule has 0 saturated carbocycles. The predicted octanol–water partition coefficient (Wildman–Crippen LogP) is 2.73. The molecule has 15 heavy (non-hydrogen) atoms. The Balaban J connectivity index is 2.25. The Hall–Kier alpha value is -0.960. The maximum atomic E-state index is 11.5. The molecule has 1 rings (SSSR count). The summed E-state index contributed by atoms with van der Waals surface area (Å²) < 4.78 is 5.05. The summed E-state index contributed by atoms with van der Waals surface area (Å²) in [5.41, 5.74) is 0.575. The average Bonchev–Trinajstić information content (AvgIpc) is 2.59. The van der Waals surface area contributed by atoms with Gasteiger partial charge in [0.05, 0.1) is 5.56 Å². The van der Waals surface area contributed by atoms with E-state index in [1.54, 1.807) is 6.07 Å². The Labute approximate surface area is 94.8 Å². The second kappa shape index (κ2) is 5.81. The lowest BCUT2D eigenvalue weighted by Gasteiger charge is -2.04. The standard InChI is InChI=1S/C11H16ClNO2/c1-8(12)4-3-5-13-11(14)10-6-9(2)15-7-10/h6-8H,3-5H2,1-2H3,(H,13,14). The summed E-state index contributed by atoms with van der Waals surface area (Å²) in [6.07, 6.45) is 3.27. The first-order valence-electron chi connectivity index (χ1n) is 5.07. The van der Waals surface area contributed by atoms with Crippen molar-refractivity contribution in [2.75, 3.05) is 6.54 Å². The lowest BCUT2D eigenvalue weighted by molar-refractivity contribution is 0.0952. The van der Waals surface area contributed by atoms with E-state index in [1.807, 2.05) is 13.8 Å². The normalized spacial score (nSPS) is 12.5. The Morgan fingerprint density at radius 3 is 2.93 bits per heavy atom. The zero-order valence-corrected chi connectivity index (χ0v) is 9.80. The largest absolute Gasteiger partial charge is 0.469 e. The van der Waals surface area contributed by atoms with Crippen LogP contribution in [-0.2, 0) is 0 Å². The van der Waals surface area contributed by atoms with E-state index in [9.17, 15) is 4.79 Å². The van der Waals surface area contributed by atoms with Gasteiger partial charge in [0, 0.05) is 11.9 Å². The van der Waals surface area contributed by atoms with E-state index < -0.39 is 0 Å². The van der Waals surface area contributed by atoms with Crippen molar-refractivity contribution in [3.63, 3.8) is 0 Å². The molecule has 0 spiro atoms. The fourth-order valence-electron chi connectivity index (χ4n) is 1.25. The molecule has 1 aromatic rings. The second-order valence-electron chi connectivity index (χ2n) is 3.62. The molecule has 1 heterocycles. The van der Waals surface area contributed by atoms with Crippen molar-refractivity contribution in [1.82, 2.24) is 5.32 Å². The van der Waals surface area contributed by atoms with Gasteiger partial charge in [-0.25, -0.2) is 0 Å². The number of hydrogen-bond donors (Lipinski definition) is 1. The topological polar surface area (TPSA) is 42.2 Å². The second-order valence-corrected chi connectivity index (χ2v) is 4.37. The van der Waals surface area contributed by atoms with E-state index >= 15 is 0 Å². The lowest BCUT2D eigenvalue weighted by atomic mass is 10.2. The highest BCUT2D eigenvalue weighted by atomic mass is 35.5. The summed E-state index contributed by atoms with van der Waals surface area (Å²) in [6.45, 7) is 4.41. The number of alkyl halides is 1. The third kappa shape index (κ3) is 4.38. The van der Waals surface area contributed by atoms with Gasteiger partial charge in [-0.1, -0.05) is 0 Å². The van der Waals surface area contributed by atoms with Crippen molar-refractivity contribution < 1.29 is 9.21 Å². The number of rotatable bonds is 5. The Morgan fingerprint density at radius 2 is 2.40 bits per heavy atom. The molecule has 0 aromatic carbocycles. The number of furan rings is 1. The van der Waals surface area contributed by atoms with Gasteiger partial charge in [0.1, 0.15) is 12.0 Å². The van der Waals surface area contributed by atoms with Gasteiger partial charge in [-0.05, 0) is 32.8 Å². The summed E-state index contributed by atoms with van der Waals surface area (Å²) >= 11 is 5.79. The van der Waals surface area contributed by atoms with Gasteiger partial charge in [0.2, 0.25) is 0 Å². The predicted molar refractivity (Wildman–Crippen MR) is 60.3 cm³/mol. The summed E-state index contributed by atoms with van der Waals surface area (Å²) in [7, 11) is 0. The van der Waals surface area contributed by atoms with Crippen LogP contribution in [0, 0.1) is 6.92 Å². The summed E-state index contributed by atoms with van der Waals surface area (Å²) in [5.74, 6) is 0.656. The van der Waals surface area contributed by atoms with E-state index in [-0.39, 0.29) is 11.3 Å². The van der Waals surface area contributed by atoms with Gasteiger partial charge in [0.15, 0.2) is 0 Å². The minimum absolute atomic E-state index is 0.0888. The zero-order chi connectivity index (χ0) is 11.3. The molecule has 1 atom stereocenters. The van der Waals surface area contributed by atoms with Crippen LogP contribution in [0.5, 0.6) is 0 Å². The molecule has 0 aliphatic carbocycles. The fraction of sp³-hybridized carbons (Fsp3) is 0.545. The van der Waals surface area contributed by atoms with E-state index in [1.165, 1.54) is 6.26 Å². The molecule has 0 bridgehead atoms. The molecule has 0 saturated heterocycles. The highest BCUT2D eigenvalue weighted by Gasteiger charge is 2.07. The molecule has 0 fully saturated rings. The molecule has 3 nitrogen and oxygen atoms in total. The smallest absolute Gasteiger partial charge is 0.254 e. The first-order chi connectivity index (χ1) is 7.09.